The number of hydrogen-bond acceptors (Lipinski definition) is 6. The average Bonchev–Trinajstić information content (AvgIpc) is 2.94. The maximum absolute atomic E-state index is 13.8. The number of amides is 4. The monoisotopic (exact) mass is 440 g/mol. The van der Waals surface area contributed by atoms with Crippen molar-refractivity contribution in [2.24, 2.45) is 16.2 Å². The largest absolute Gasteiger partial charge is 0.363 e. The number of hydrogen-bond donors (Lipinski definition) is 0. The molecule has 3 aliphatic heterocycles. The highest BCUT2D eigenvalue weighted by Gasteiger charge is 2.71. The van der Waals surface area contributed by atoms with Gasteiger partial charge in [0.2, 0.25) is 11.8 Å². The van der Waals surface area contributed by atoms with Gasteiger partial charge in [-0.15, -0.1) is 0 Å². The van der Waals surface area contributed by atoms with Crippen molar-refractivity contribution in [1.29, 1.82) is 0 Å². The first-order valence-electron chi connectivity index (χ1n) is 11.0. The number of fused-ring (bicyclic) bond motifs is 8. The number of non-ortho nitro benzene ring substituents is 1. The lowest BCUT2D eigenvalue weighted by Gasteiger charge is -2.54. The second-order valence-electron chi connectivity index (χ2n) is 11.1. The summed E-state index contributed by atoms with van der Waals surface area (Å²) >= 11 is 0. The normalized spacial score (nSPS) is 32.3. The summed E-state index contributed by atoms with van der Waals surface area (Å²) in [6.07, 6.45) is 2.64. The van der Waals surface area contributed by atoms with E-state index in [9.17, 15) is 24.5 Å². The molecule has 3 fully saturated rings. The molecule has 1 spiro atoms. The molecular weight excluding hydrogens is 412 g/mol. The lowest BCUT2D eigenvalue weighted by molar-refractivity contribution is -0.384. The van der Waals surface area contributed by atoms with Crippen LogP contribution in [-0.4, -0.2) is 58.7 Å². The Kier molecular flexibility index (Phi) is 3.97. The molecular formula is C23H28N4O5. The molecule has 1 aromatic rings. The quantitative estimate of drug-likeness (QED) is 0.378. The fourth-order valence-electron chi connectivity index (χ4n) is 7.56. The zero-order valence-corrected chi connectivity index (χ0v) is 19.0. The molecule has 1 aliphatic carbocycles. The zero-order valence-electron chi connectivity index (χ0n) is 19.0. The van der Waals surface area contributed by atoms with Crippen molar-refractivity contribution < 1.29 is 19.3 Å². The van der Waals surface area contributed by atoms with Crippen LogP contribution in [0.2, 0.25) is 0 Å². The molecule has 5 rings (SSSR count). The topological polar surface area (TPSA) is 104 Å². The van der Waals surface area contributed by atoms with Crippen molar-refractivity contribution in [3.05, 3.63) is 33.9 Å². The summed E-state index contributed by atoms with van der Waals surface area (Å²) in [5.41, 5.74) is -0.392. The van der Waals surface area contributed by atoms with E-state index in [2.05, 4.69) is 25.7 Å². The predicted octanol–water partition coefficient (Wildman–Crippen LogP) is 2.96. The Hall–Kier alpha value is -2.97. The van der Waals surface area contributed by atoms with Gasteiger partial charge in [0.1, 0.15) is 0 Å². The standard InChI is InChI=1S/C23H28N4O5/c1-21(2)10-15-11-22(3,12-21)17-23(18(28)24(4)20(30)25(5)19(23)29)9-13-8-14(27(31)32)6-7-16(13)26(15)17/h6-8,15,17H,9-12H2,1-5H3/t15-,17-,22-/m0/s1. The van der Waals surface area contributed by atoms with Crippen LogP contribution in [0.4, 0.5) is 16.2 Å². The molecule has 4 amide bonds. The number of nitrogens with zero attached hydrogens (tertiary/aromatic N) is 4. The Morgan fingerprint density at radius 2 is 1.66 bits per heavy atom. The highest BCUT2D eigenvalue weighted by Crippen LogP contribution is 2.64. The van der Waals surface area contributed by atoms with Gasteiger partial charge < -0.3 is 4.90 Å². The Balaban J connectivity index is 1.79. The highest BCUT2D eigenvalue weighted by molar-refractivity contribution is 6.20. The summed E-state index contributed by atoms with van der Waals surface area (Å²) in [6, 6.07) is 3.79. The van der Waals surface area contributed by atoms with Crippen molar-refractivity contribution in [2.45, 2.75) is 58.5 Å². The Labute approximate surface area is 186 Å². The van der Waals surface area contributed by atoms with E-state index in [1.807, 2.05) is 0 Å². The smallest absolute Gasteiger partial charge is 0.332 e. The number of nitro benzene ring substituents is 1. The molecule has 0 radical (unpaired) electrons. The summed E-state index contributed by atoms with van der Waals surface area (Å²) in [6.45, 7) is 6.58. The van der Waals surface area contributed by atoms with E-state index < -0.39 is 34.2 Å². The van der Waals surface area contributed by atoms with Crippen LogP contribution in [0.3, 0.4) is 0 Å². The van der Waals surface area contributed by atoms with Crippen LogP contribution < -0.4 is 4.90 Å². The lowest BCUT2D eigenvalue weighted by atomic mass is 9.56. The van der Waals surface area contributed by atoms with E-state index in [1.54, 1.807) is 6.07 Å². The van der Waals surface area contributed by atoms with E-state index >= 15 is 0 Å². The van der Waals surface area contributed by atoms with Crippen molar-refractivity contribution in [3.8, 4) is 0 Å². The third kappa shape index (κ3) is 2.42. The summed E-state index contributed by atoms with van der Waals surface area (Å²) in [5, 5.41) is 11.5. The molecule has 0 aromatic heterocycles. The Morgan fingerprint density at radius 1 is 1.03 bits per heavy atom. The van der Waals surface area contributed by atoms with Gasteiger partial charge in [-0.05, 0) is 41.7 Å². The minimum absolute atomic E-state index is 0.0194. The molecule has 1 saturated carbocycles. The fraction of sp³-hybridized carbons (Fsp3) is 0.609. The van der Waals surface area contributed by atoms with Crippen LogP contribution in [-0.2, 0) is 16.0 Å². The SMILES string of the molecule is CN1C(=O)N(C)C(=O)C2(Cc3cc([N+](=O)[O-])ccc3N3[C@H]4CC(C)(C)C[C@](C)(C4)[C@H]32)C1=O. The van der Waals surface area contributed by atoms with E-state index in [0.717, 1.165) is 34.7 Å². The number of nitro groups is 1. The lowest BCUT2D eigenvalue weighted by Crippen LogP contribution is -2.72. The molecule has 32 heavy (non-hydrogen) atoms. The van der Waals surface area contributed by atoms with Gasteiger partial charge in [-0.2, -0.15) is 0 Å². The number of benzene rings is 1. The number of urea groups is 1. The van der Waals surface area contributed by atoms with Crippen LogP contribution in [0.5, 0.6) is 0 Å². The van der Waals surface area contributed by atoms with Gasteiger partial charge >= 0.3 is 6.03 Å². The summed E-state index contributed by atoms with van der Waals surface area (Å²) in [5.74, 6) is -1.02. The van der Waals surface area contributed by atoms with Crippen LogP contribution in [0.25, 0.3) is 0 Å². The minimum Gasteiger partial charge on any atom is -0.363 e. The number of imide groups is 2. The third-order valence-corrected chi connectivity index (χ3v) is 8.14. The van der Waals surface area contributed by atoms with Crippen LogP contribution in [0, 0.1) is 26.4 Å². The number of barbiturate groups is 1. The molecule has 0 unspecified atom stereocenters. The Bertz CT molecular complexity index is 1070. The minimum atomic E-state index is -1.50. The van der Waals surface area contributed by atoms with Crippen LogP contribution in [0.15, 0.2) is 18.2 Å². The molecule has 0 N–H and O–H groups in total. The summed E-state index contributed by atoms with van der Waals surface area (Å²) in [4.78, 5) is 55.5. The molecule has 3 heterocycles. The molecule has 1 aromatic carbocycles. The molecule has 2 saturated heterocycles. The molecule has 4 aliphatic rings. The fourth-order valence-corrected chi connectivity index (χ4v) is 7.56. The van der Waals surface area contributed by atoms with Gasteiger partial charge in [-0.1, -0.05) is 20.8 Å². The number of carbonyl (C=O) groups excluding carboxylic acids is 3. The van der Waals surface area contributed by atoms with Gasteiger partial charge in [0.25, 0.3) is 5.69 Å². The maximum atomic E-state index is 13.8. The number of rotatable bonds is 1. The van der Waals surface area contributed by atoms with Crippen molar-refractivity contribution in [1.82, 2.24) is 9.80 Å². The Morgan fingerprint density at radius 3 is 2.25 bits per heavy atom. The molecule has 2 bridgehead atoms. The third-order valence-electron chi connectivity index (χ3n) is 8.14. The van der Waals surface area contributed by atoms with E-state index in [0.29, 0.717) is 5.56 Å². The van der Waals surface area contributed by atoms with Crippen LogP contribution >= 0.6 is 0 Å². The number of carbonyl (C=O) groups is 3. The van der Waals surface area contributed by atoms with Crippen molar-refractivity contribution in [3.63, 3.8) is 0 Å². The summed E-state index contributed by atoms with van der Waals surface area (Å²) in [7, 11) is 2.83. The zero-order chi connectivity index (χ0) is 23.4. The average molecular weight is 441 g/mol. The first kappa shape index (κ1) is 20.9. The first-order valence-corrected chi connectivity index (χ1v) is 11.0. The predicted molar refractivity (Wildman–Crippen MR) is 116 cm³/mol. The molecule has 170 valence electrons. The van der Waals surface area contributed by atoms with E-state index in [-0.39, 0.29) is 29.0 Å². The first-order chi connectivity index (χ1) is 14.8. The van der Waals surface area contributed by atoms with Gasteiger partial charge in [-0.3, -0.25) is 29.5 Å². The van der Waals surface area contributed by atoms with Gasteiger partial charge in [0.15, 0.2) is 5.41 Å². The number of anilines is 1. The second kappa shape index (κ2) is 6.08. The van der Waals surface area contributed by atoms with Gasteiger partial charge in [-0.25, -0.2) is 4.79 Å². The molecule has 9 heteroatoms. The van der Waals surface area contributed by atoms with Crippen LogP contribution in [0.1, 0.15) is 45.6 Å². The second-order valence-corrected chi connectivity index (χ2v) is 11.1. The highest BCUT2D eigenvalue weighted by atomic mass is 16.6. The maximum Gasteiger partial charge on any atom is 0.332 e. The summed E-state index contributed by atoms with van der Waals surface area (Å²) < 4.78 is 0. The van der Waals surface area contributed by atoms with E-state index in [4.69, 9.17) is 0 Å². The molecule has 9 nitrogen and oxygen atoms in total. The van der Waals surface area contributed by atoms with Gasteiger partial charge in [0.05, 0.1) is 11.0 Å². The van der Waals surface area contributed by atoms with Gasteiger partial charge in [0, 0.05) is 44.4 Å². The van der Waals surface area contributed by atoms with E-state index in [1.165, 1.54) is 26.2 Å². The molecule has 3 atom stereocenters. The van der Waals surface area contributed by atoms with Crippen molar-refractivity contribution >= 4 is 29.2 Å². The van der Waals surface area contributed by atoms with Crippen molar-refractivity contribution in [2.75, 3.05) is 19.0 Å².